The van der Waals surface area contributed by atoms with Crippen LogP contribution in [0, 0.1) is 0 Å². The predicted octanol–water partition coefficient (Wildman–Crippen LogP) is 1.78. The highest BCUT2D eigenvalue weighted by atomic mass is 79.9. The fourth-order valence-electron chi connectivity index (χ4n) is 2.25. The Hall–Kier alpha value is -1.89. The molecule has 1 aromatic carbocycles. The third kappa shape index (κ3) is 1.99. The zero-order valence-electron chi connectivity index (χ0n) is 10.2. The number of benzene rings is 1. The number of anilines is 1. The summed E-state index contributed by atoms with van der Waals surface area (Å²) >= 11 is 3.40. The molecule has 1 N–H and O–H groups in total. The Morgan fingerprint density at radius 1 is 1.37 bits per heavy atom. The fraction of sp³-hybridized carbons (Fsp3) is 0.250. The van der Waals surface area contributed by atoms with Gasteiger partial charge in [0, 0.05) is 29.9 Å². The van der Waals surface area contributed by atoms with Gasteiger partial charge in [0.15, 0.2) is 0 Å². The van der Waals surface area contributed by atoms with Gasteiger partial charge in [-0.05, 0) is 18.2 Å². The lowest BCUT2D eigenvalue weighted by Crippen LogP contribution is -2.50. The zero-order chi connectivity index (χ0) is 13.6. The Morgan fingerprint density at radius 3 is 2.89 bits per heavy atom. The highest BCUT2D eigenvalue weighted by molar-refractivity contribution is 9.10. The highest BCUT2D eigenvalue weighted by Gasteiger charge is 2.28. The van der Waals surface area contributed by atoms with Crippen molar-refractivity contribution in [1.29, 1.82) is 0 Å². The monoisotopic (exact) mass is 322 g/mol. The summed E-state index contributed by atoms with van der Waals surface area (Å²) in [5.74, 6) is 0.461. The number of hydrogen-bond acceptors (Lipinski definition) is 3. The van der Waals surface area contributed by atoms with Crippen LogP contribution < -0.4 is 10.2 Å². The van der Waals surface area contributed by atoms with E-state index in [2.05, 4.69) is 26.3 Å². The van der Waals surface area contributed by atoms with Crippen molar-refractivity contribution in [2.45, 2.75) is 6.42 Å². The van der Waals surface area contributed by atoms with Gasteiger partial charge in [-0.25, -0.2) is 4.79 Å². The number of aryl methyl sites for hydroxylation is 1. The number of imide groups is 1. The molecule has 1 aromatic heterocycles. The van der Waals surface area contributed by atoms with Gasteiger partial charge in [0.05, 0.1) is 5.52 Å². The number of carbonyl (C=O) groups excluding carboxylic acids is 2. The summed E-state index contributed by atoms with van der Waals surface area (Å²) in [6, 6.07) is 5.31. The average Bonchev–Trinajstić information content (AvgIpc) is 2.65. The van der Waals surface area contributed by atoms with E-state index in [1.54, 1.807) is 16.6 Å². The molecule has 1 aliphatic rings. The number of aromatic nitrogens is 2. The fourth-order valence-corrected chi connectivity index (χ4v) is 2.60. The van der Waals surface area contributed by atoms with Crippen molar-refractivity contribution in [3.05, 3.63) is 22.7 Å². The molecular formula is C12H11BrN4O2. The molecule has 0 radical (unpaired) electrons. The van der Waals surface area contributed by atoms with Crippen molar-refractivity contribution in [2.75, 3.05) is 11.4 Å². The van der Waals surface area contributed by atoms with Crippen molar-refractivity contribution >= 4 is 44.6 Å². The minimum Gasteiger partial charge on any atom is -0.278 e. The second-order valence-electron chi connectivity index (χ2n) is 4.36. The largest absolute Gasteiger partial charge is 0.329 e. The molecule has 1 aliphatic heterocycles. The van der Waals surface area contributed by atoms with Crippen LogP contribution in [0.3, 0.4) is 0 Å². The number of carbonyl (C=O) groups is 2. The smallest absolute Gasteiger partial charge is 0.278 e. The number of nitrogens with one attached hydrogen (secondary N) is 1. The number of urea groups is 1. The van der Waals surface area contributed by atoms with Gasteiger partial charge < -0.3 is 0 Å². The van der Waals surface area contributed by atoms with E-state index in [1.165, 1.54) is 0 Å². The van der Waals surface area contributed by atoms with Gasteiger partial charge in [-0.15, -0.1) is 0 Å². The number of fused-ring (bicyclic) bond motifs is 1. The van der Waals surface area contributed by atoms with E-state index in [1.807, 2.05) is 18.2 Å². The van der Waals surface area contributed by atoms with Crippen LogP contribution in [0.2, 0.25) is 0 Å². The first kappa shape index (κ1) is 12.2. The van der Waals surface area contributed by atoms with Gasteiger partial charge >= 0.3 is 6.03 Å². The van der Waals surface area contributed by atoms with Crippen LogP contribution in [0.5, 0.6) is 0 Å². The topological polar surface area (TPSA) is 67.2 Å². The summed E-state index contributed by atoms with van der Waals surface area (Å²) < 4.78 is 2.59. The zero-order valence-corrected chi connectivity index (χ0v) is 11.8. The molecule has 0 atom stereocenters. The van der Waals surface area contributed by atoms with Crippen molar-refractivity contribution in [2.24, 2.45) is 7.05 Å². The number of rotatable bonds is 1. The van der Waals surface area contributed by atoms with Gasteiger partial charge in [-0.1, -0.05) is 15.9 Å². The maximum absolute atomic E-state index is 11.9. The molecule has 0 bridgehead atoms. The molecule has 19 heavy (non-hydrogen) atoms. The van der Waals surface area contributed by atoms with E-state index in [4.69, 9.17) is 0 Å². The molecule has 0 spiro atoms. The standard InChI is InChI=1S/C12H11BrN4O2/c1-16-11(17-5-4-10(18)14-12(17)19)8-3-2-7(13)6-9(8)15-16/h2-3,6H,4-5H2,1H3,(H,14,18,19). The van der Waals surface area contributed by atoms with E-state index < -0.39 is 6.03 Å². The maximum Gasteiger partial charge on any atom is 0.329 e. The van der Waals surface area contributed by atoms with Gasteiger partial charge in [0.2, 0.25) is 5.91 Å². The van der Waals surface area contributed by atoms with Crippen molar-refractivity contribution in [1.82, 2.24) is 15.1 Å². The van der Waals surface area contributed by atoms with E-state index in [-0.39, 0.29) is 5.91 Å². The molecule has 1 saturated heterocycles. The van der Waals surface area contributed by atoms with Crippen LogP contribution in [0.1, 0.15) is 6.42 Å². The molecule has 2 heterocycles. The first-order valence-corrected chi connectivity index (χ1v) is 6.59. The first-order chi connectivity index (χ1) is 9.06. The quantitative estimate of drug-likeness (QED) is 0.870. The third-order valence-corrected chi connectivity index (χ3v) is 3.57. The van der Waals surface area contributed by atoms with E-state index in [0.717, 1.165) is 15.4 Å². The molecule has 0 unspecified atom stereocenters. The first-order valence-electron chi connectivity index (χ1n) is 5.80. The number of amides is 3. The van der Waals surface area contributed by atoms with Crippen LogP contribution in [-0.2, 0) is 11.8 Å². The number of halogens is 1. The van der Waals surface area contributed by atoms with Crippen molar-refractivity contribution in [3.8, 4) is 0 Å². The molecule has 0 saturated carbocycles. The Labute approximate surface area is 117 Å². The van der Waals surface area contributed by atoms with Crippen LogP contribution in [0.25, 0.3) is 10.9 Å². The lowest BCUT2D eigenvalue weighted by Gasteiger charge is -2.26. The average molecular weight is 323 g/mol. The number of nitrogens with zero attached hydrogens (tertiary/aromatic N) is 3. The minimum absolute atomic E-state index is 0.240. The van der Waals surface area contributed by atoms with E-state index in [9.17, 15) is 9.59 Å². The van der Waals surface area contributed by atoms with Crippen LogP contribution in [0.4, 0.5) is 10.6 Å². The molecule has 0 aliphatic carbocycles. The van der Waals surface area contributed by atoms with Gasteiger partial charge in [-0.2, -0.15) is 5.10 Å². The SMILES string of the molecule is Cn1nc2cc(Br)ccc2c1N1CCC(=O)NC1=O. The van der Waals surface area contributed by atoms with Gasteiger partial charge in [0.25, 0.3) is 0 Å². The summed E-state index contributed by atoms with van der Waals surface area (Å²) in [4.78, 5) is 24.7. The Kier molecular flexibility index (Phi) is 2.78. The second kappa shape index (κ2) is 4.34. The van der Waals surface area contributed by atoms with Crippen LogP contribution in [0.15, 0.2) is 22.7 Å². The molecular weight excluding hydrogens is 312 g/mol. The summed E-state index contributed by atoms with van der Waals surface area (Å²) in [5, 5.41) is 7.59. The molecule has 3 amide bonds. The minimum atomic E-state index is -0.399. The lowest BCUT2D eigenvalue weighted by atomic mass is 10.2. The Bertz CT molecular complexity index is 694. The maximum atomic E-state index is 11.9. The van der Waals surface area contributed by atoms with Crippen molar-refractivity contribution < 1.29 is 9.59 Å². The Morgan fingerprint density at radius 2 is 2.16 bits per heavy atom. The highest BCUT2D eigenvalue weighted by Crippen LogP contribution is 2.29. The van der Waals surface area contributed by atoms with Gasteiger partial charge in [-0.3, -0.25) is 19.7 Å². The van der Waals surface area contributed by atoms with E-state index >= 15 is 0 Å². The van der Waals surface area contributed by atoms with Gasteiger partial charge in [0.1, 0.15) is 5.82 Å². The molecule has 6 nitrogen and oxygen atoms in total. The van der Waals surface area contributed by atoms with Crippen LogP contribution >= 0.6 is 15.9 Å². The molecule has 1 fully saturated rings. The Balaban J connectivity index is 2.12. The summed E-state index contributed by atoms with van der Waals surface area (Å²) in [5.41, 5.74) is 0.802. The van der Waals surface area contributed by atoms with Crippen LogP contribution in [-0.4, -0.2) is 28.3 Å². The molecule has 98 valence electrons. The molecule has 3 rings (SSSR count). The lowest BCUT2D eigenvalue weighted by molar-refractivity contribution is -0.120. The third-order valence-electron chi connectivity index (χ3n) is 3.07. The van der Waals surface area contributed by atoms with E-state index in [0.29, 0.717) is 18.8 Å². The summed E-state index contributed by atoms with van der Waals surface area (Å²) in [7, 11) is 1.78. The summed E-state index contributed by atoms with van der Waals surface area (Å²) in [6.45, 7) is 0.370. The second-order valence-corrected chi connectivity index (χ2v) is 5.28. The normalized spacial score (nSPS) is 16.0. The molecule has 2 aromatic rings. The predicted molar refractivity (Wildman–Crippen MR) is 73.9 cm³/mol. The molecule has 7 heteroatoms. The number of hydrogen-bond donors (Lipinski definition) is 1. The summed E-state index contributed by atoms with van der Waals surface area (Å²) in [6.07, 6.45) is 0.301. The van der Waals surface area contributed by atoms with Crippen molar-refractivity contribution in [3.63, 3.8) is 0 Å².